The summed E-state index contributed by atoms with van der Waals surface area (Å²) in [4.78, 5) is 49.4. The van der Waals surface area contributed by atoms with Crippen molar-refractivity contribution in [2.45, 2.75) is 31.6 Å². The Morgan fingerprint density at radius 1 is 1.12 bits per heavy atom. The Morgan fingerprint density at radius 2 is 1.58 bits per heavy atom. The number of hydrogen-bond acceptors (Lipinski definition) is 4. The maximum Gasteiger partial charge on any atom is 0.340 e. The largest absolute Gasteiger partial charge is 0.340 e. The molecule has 1 rings (SSSR count). The van der Waals surface area contributed by atoms with E-state index in [1.54, 1.807) is 0 Å². The van der Waals surface area contributed by atoms with Crippen molar-refractivity contribution in [2.24, 2.45) is 11.8 Å². The molecule has 0 saturated carbocycles. The number of quaternary nitrogens is 1. The van der Waals surface area contributed by atoms with Gasteiger partial charge in [0.2, 0.25) is 0 Å². The summed E-state index contributed by atoms with van der Waals surface area (Å²) < 4.78 is 24.4. The second-order valence-corrected chi connectivity index (χ2v) is 12.3. The van der Waals surface area contributed by atoms with Crippen LogP contribution in [0.1, 0.15) is 26.2 Å². The third kappa shape index (κ3) is 6.89. The molecule has 24 heavy (non-hydrogen) atoms. The molecule has 0 radical (unpaired) electrons. The highest BCUT2D eigenvalue weighted by molar-refractivity contribution is 8.13. The minimum Gasteiger partial charge on any atom is -0.328 e. The van der Waals surface area contributed by atoms with Gasteiger partial charge in [-0.25, -0.2) is 0 Å². The lowest BCUT2D eigenvalue weighted by atomic mass is 9.83. The lowest BCUT2D eigenvalue weighted by molar-refractivity contribution is -0.896. The summed E-state index contributed by atoms with van der Waals surface area (Å²) in [5.74, 6) is -0.682. The minimum atomic E-state index is -4.98. The molecular weight excluding hydrogens is 376 g/mol. The van der Waals surface area contributed by atoms with Gasteiger partial charge in [0.05, 0.1) is 27.2 Å². The fourth-order valence-corrected chi connectivity index (χ4v) is 7.40. The monoisotopic (exact) mass is 404 g/mol. The number of nitrogens with zero attached hydrogens (tertiary/aromatic N) is 1. The van der Waals surface area contributed by atoms with Gasteiger partial charge in [-0.15, -0.1) is 0 Å². The predicted molar refractivity (Wildman–Crippen MR) is 93.7 cm³/mol. The van der Waals surface area contributed by atoms with Crippen LogP contribution in [-0.4, -0.2) is 67.5 Å². The molecule has 0 aromatic heterocycles. The van der Waals surface area contributed by atoms with Crippen LogP contribution in [0.4, 0.5) is 0 Å². The number of carbonyl (C=O) groups is 1. The SMILES string of the molecule is CC(=O)SCCC(C1CC[N+](C)(C)CC1)C(P(=O)(O)O)P(=O)(O)O. The molecule has 0 bridgehead atoms. The van der Waals surface area contributed by atoms with E-state index in [1.165, 1.54) is 6.92 Å². The van der Waals surface area contributed by atoms with Crippen LogP contribution in [0.15, 0.2) is 0 Å². The standard InChI is InChI=1S/C13H27NO7P2S/c1-10(15)24-9-6-12(11-4-7-14(2,3)8-5-11)13(22(16,17)18)23(19,20)21/h11-13H,4-9H2,1-3H3,(H3-,16,17,18,19,20,21)/p+1. The van der Waals surface area contributed by atoms with Gasteiger partial charge in [-0.05, 0) is 31.1 Å². The van der Waals surface area contributed by atoms with Gasteiger partial charge in [-0.3, -0.25) is 13.9 Å². The Hall–Kier alpha value is 0.280. The third-order valence-corrected chi connectivity index (χ3v) is 9.44. The quantitative estimate of drug-likeness (QED) is 0.370. The number of rotatable bonds is 7. The molecule has 1 fully saturated rings. The fraction of sp³-hybridized carbons (Fsp3) is 0.923. The molecule has 1 saturated heterocycles. The molecule has 0 aromatic rings. The summed E-state index contributed by atoms with van der Waals surface area (Å²) in [6, 6.07) is 0. The van der Waals surface area contributed by atoms with E-state index in [9.17, 15) is 33.5 Å². The smallest absolute Gasteiger partial charge is 0.328 e. The van der Waals surface area contributed by atoms with Gasteiger partial charge in [0.1, 0.15) is 0 Å². The van der Waals surface area contributed by atoms with E-state index in [-0.39, 0.29) is 17.5 Å². The molecule has 0 aliphatic carbocycles. The highest BCUT2D eigenvalue weighted by atomic mass is 32.2. The van der Waals surface area contributed by atoms with Crippen LogP contribution < -0.4 is 0 Å². The molecule has 1 aliphatic heterocycles. The van der Waals surface area contributed by atoms with Crippen LogP contribution in [0.5, 0.6) is 0 Å². The highest BCUT2D eigenvalue weighted by Crippen LogP contribution is 2.65. The molecule has 11 heteroatoms. The second-order valence-electron chi connectivity index (χ2n) is 7.10. The molecule has 1 unspecified atom stereocenters. The number of likely N-dealkylation sites (tertiary alicyclic amines) is 1. The molecule has 0 amide bonds. The molecular formula is C13H28NO7P2S+. The van der Waals surface area contributed by atoms with Crippen molar-refractivity contribution in [1.29, 1.82) is 0 Å². The summed E-state index contributed by atoms with van der Waals surface area (Å²) in [5, 5.41) is -2.12. The van der Waals surface area contributed by atoms with Crippen LogP contribution in [0.3, 0.4) is 0 Å². The summed E-state index contributed by atoms with van der Waals surface area (Å²) in [6.45, 7) is 2.97. The maximum absolute atomic E-state index is 11.8. The van der Waals surface area contributed by atoms with Crippen molar-refractivity contribution >= 4 is 32.1 Å². The Bertz CT molecular complexity index is 512. The normalized spacial score (nSPS) is 21.0. The molecule has 1 heterocycles. The lowest BCUT2D eigenvalue weighted by Gasteiger charge is -2.42. The van der Waals surface area contributed by atoms with E-state index in [4.69, 9.17) is 0 Å². The van der Waals surface area contributed by atoms with Gasteiger partial charge in [0.15, 0.2) is 10.5 Å². The Labute approximate surface area is 146 Å². The van der Waals surface area contributed by atoms with E-state index in [0.29, 0.717) is 18.6 Å². The minimum absolute atomic E-state index is 0.126. The number of hydrogen-bond donors (Lipinski definition) is 4. The van der Waals surface area contributed by atoms with Crippen molar-refractivity contribution in [3.05, 3.63) is 0 Å². The summed E-state index contributed by atoms with van der Waals surface area (Å²) in [6.07, 6.45) is 1.50. The van der Waals surface area contributed by atoms with Crippen molar-refractivity contribution in [2.75, 3.05) is 32.9 Å². The maximum atomic E-state index is 11.8. The first kappa shape index (κ1) is 22.3. The Kier molecular flexibility index (Phi) is 7.73. The molecule has 1 atom stereocenters. The van der Waals surface area contributed by atoms with Gasteiger partial charge < -0.3 is 24.1 Å². The first-order valence-electron chi connectivity index (χ1n) is 7.80. The first-order valence-corrected chi connectivity index (χ1v) is 12.1. The zero-order valence-corrected chi connectivity index (χ0v) is 16.8. The van der Waals surface area contributed by atoms with Crippen LogP contribution in [0.25, 0.3) is 0 Å². The highest BCUT2D eigenvalue weighted by Gasteiger charge is 2.51. The predicted octanol–water partition coefficient (Wildman–Crippen LogP) is 1.44. The van der Waals surface area contributed by atoms with Crippen LogP contribution >= 0.6 is 27.0 Å². The Balaban J connectivity index is 3.05. The van der Waals surface area contributed by atoms with E-state index in [0.717, 1.165) is 29.3 Å². The van der Waals surface area contributed by atoms with E-state index in [1.807, 2.05) is 0 Å². The number of carbonyl (C=O) groups excluding carboxylic acids is 1. The van der Waals surface area contributed by atoms with Crippen molar-refractivity contribution in [1.82, 2.24) is 0 Å². The van der Waals surface area contributed by atoms with E-state index >= 15 is 0 Å². The van der Waals surface area contributed by atoms with Crippen molar-refractivity contribution in [3.63, 3.8) is 0 Å². The van der Waals surface area contributed by atoms with Gasteiger partial charge in [-0.1, -0.05) is 11.8 Å². The van der Waals surface area contributed by atoms with Gasteiger partial charge in [-0.2, -0.15) is 0 Å². The van der Waals surface area contributed by atoms with E-state index in [2.05, 4.69) is 14.1 Å². The average Bonchev–Trinajstić information content (AvgIpc) is 2.33. The van der Waals surface area contributed by atoms with Crippen LogP contribution in [0, 0.1) is 11.8 Å². The summed E-state index contributed by atoms with van der Waals surface area (Å²) >= 11 is 1.01. The first-order chi connectivity index (χ1) is 10.7. The molecule has 0 spiro atoms. The van der Waals surface area contributed by atoms with Crippen LogP contribution in [0.2, 0.25) is 0 Å². The number of thioether (sulfide) groups is 1. The van der Waals surface area contributed by atoms with Gasteiger partial charge in [0.25, 0.3) is 0 Å². The topological polar surface area (TPSA) is 132 Å². The molecule has 8 nitrogen and oxygen atoms in total. The second kappa shape index (κ2) is 8.31. The van der Waals surface area contributed by atoms with Gasteiger partial charge in [0, 0.05) is 12.7 Å². The van der Waals surface area contributed by atoms with Gasteiger partial charge >= 0.3 is 15.2 Å². The molecule has 1 aliphatic rings. The summed E-state index contributed by atoms with van der Waals surface area (Å²) in [7, 11) is -5.85. The Morgan fingerprint density at radius 3 is 1.96 bits per heavy atom. The molecule has 0 aromatic carbocycles. The fourth-order valence-electron chi connectivity index (χ4n) is 3.38. The average molecular weight is 404 g/mol. The van der Waals surface area contributed by atoms with Crippen molar-refractivity contribution < 1.29 is 38.0 Å². The van der Waals surface area contributed by atoms with E-state index < -0.39 is 26.5 Å². The zero-order valence-electron chi connectivity index (χ0n) is 14.2. The van der Waals surface area contributed by atoms with Crippen LogP contribution in [-0.2, 0) is 13.9 Å². The zero-order chi connectivity index (χ0) is 18.8. The number of piperidine rings is 1. The third-order valence-electron chi connectivity index (χ3n) is 4.64. The van der Waals surface area contributed by atoms with Crippen molar-refractivity contribution in [3.8, 4) is 0 Å². The molecule has 4 N–H and O–H groups in total. The molecule has 142 valence electrons. The summed E-state index contributed by atoms with van der Waals surface area (Å²) in [5.41, 5.74) is 0. The lowest BCUT2D eigenvalue weighted by Crippen LogP contribution is -2.48.